The first-order chi connectivity index (χ1) is 9.61. The molecule has 1 aliphatic rings. The van der Waals surface area contributed by atoms with Crippen LogP contribution in [0.25, 0.3) is 0 Å². The summed E-state index contributed by atoms with van der Waals surface area (Å²) in [4.78, 5) is 14.1. The van der Waals surface area contributed by atoms with Gasteiger partial charge in [-0.1, -0.05) is 18.5 Å². The lowest BCUT2D eigenvalue weighted by molar-refractivity contribution is -0.137. The molecule has 1 saturated heterocycles. The predicted octanol–water partition coefficient (Wildman–Crippen LogP) is 3.65. The summed E-state index contributed by atoms with van der Waals surface area (Å²) >= 11 is 5.86. The highest BCUT2D eigenvalue weighted by molar-refractivity contribution is 6.32. The Hall–Kier alpha value is -1.29. The summed E-state index contributed by atoms with van der Waals surface area (Å²) < 4.78 is 18.3. The van der Waals surface area contributed by atoms with Crippen molar-refractivity contribution in [3.05, 3.63) is 29.0 Å². The predicted molar refractivity (Wildman–Crippen MR) is 76.5 cm³/mol. The molecule has 1 aromatic rings. The van der Waals surface area contributed by atoms with Gasteiger partial charge >= 0.3 is 0 Å². The summed E-state index contributed by atoms with van der Waals surface area (Å²) in [7, 11) is 0. The molecule has 1 fully saturated rings. The molecule has 110 valence electrons. The minimum Gasteiger partial charge on any atom is -0.482 e. The van der Waals surface area contributed by atoms with E-state index < -0.39 is 5.82 Å². The van der Waals surface area contributed by atoms with Crippen LogP contribution in [0.15, 0.2) is 18.2 Å². The van der Waals surface area contributed by atoms with Gasteiger partial charge in [0.25, 0.3) is 5.91 Å². The van der Waals surface area contributed by atoms with Crippen molar-refractivity contribution in [1.29, 1.82) is 0 Å². The zero-order valence-electron chi connectivity index (χ0n) is 11.6. The number of amides is 1. The highest BCUT2D eigenvalue weighted by Crippen LogP contribution is 2.25. The molecule has 0 N–H and O–H groups in total. The molecule has 0 aliphatic carbocycles. The number of carbonyl (C=O) groups is 1. The van der Waals surface area contributed by atoms with Gasteiger partial charge in [-0.05, 0) is 43.9 Å². The van der Waals surface area contributed by atoms with Crippen molar-refractivity contribution in [2.45, 2.75) is 38.6 Å². The number of carbonyl (C=O) groups excluding carboxylic acids is 1. The summed E-state index contributed by atoms with van der Waals surface area (Å²) in [5.74, 6) is -0.112. The average molecular weight is 300 g/mol. The number of nitrogens with zero attached hydrogens (tertiary/aromatic N) is 1. The van der Waals surface area contributed by atoms with Gasteiger partial charge in [-0.3, -0.25) is 4.79 Å². The highest BCUT2D eigenvalue weighted by atomic mass is 35.5. The lowest BCUT2D eigenvalue weighted by atomic mass is 10.00. The molecule has 1 heterocycles. The van der Waals surface area contributed by atoms with Gasteiger partial charge in [0, 0.05) is 12.6 Å². The number of likely N-dealkylation sites (tertiary alicyclic amines) is 1. The van der Waals surface area contributed by atoms with Crippen LogP contribution in [-0.2, 0) is 4.79 Å². The molecule has 0 aromatic heterocycles. The fourth-order valence-electron chi connectivity index (χ4n) is 2.57. The zero-order valence-corrected chi connectivity index (χ0v) is 12.3. The summed E-state index contributed by atoms with van der Waals surface area (Å²) in [5.41, 5.74) is 0. The number of benzene rings is 1. The number of hydrogen-bond donors (Lipinski definition) is 0. The maximum Gasteiger partial charge on any atom is 0.260 e. The van der Waals surface area contributed by atoms with Crippen molar-refractivity contribution in [3.63, 3.8) is 0 Å². The molecular formula is C15H19ClFNO2. The molecule has 0 bridgehead atoms. The van der Waals surface area contributed by atoms with Gasteiger partial charge in [-0.25, -0.2) is 4.39 Å². The van der Waals surface area contributed by atoms with Crippen molar-refractivity contribution >= 4 is 17.5 Å². The maximum atomic E-state index is 12.9. The Bertz CT molecular complexity index is 481. The van der Waals surface area contributed by atoms with Gasteiger partial charge in [-0.2, -0.15) is 0 Å². The topological polar surface area (TPSA) is 29.5 Å². The minimum atomic E-state index is -0.421. The normalized spacial score (nSPS) is 18.9. The van der Waals surface area contributed by atoms with Crippen molar-refractivity contribution in [2.75, 3.05) is 13.2 Å². The van der Waals surface area contributed by atoms with Gasteiger partial charge in [0.1, 0.15) is 11.6 Å². The summed E-state index contributed by atoms with van der Waals surface area (Å²) in [6, 6.07) is 4.19. The van der Waals surface area contributed by atoms with E-state index in [1.165, 1.54) is 24.6 Å². The molecule has 1 amide bonds. The molecule has 0 saturated carbocycles. The lowest BCUT2D eigenvalue weighted by Crippen LogP contribution is -2.45. The van der Waals surface area contributed by atoms with E-state index in [0.717, 1.165) is 25.8 Å². The second-order valence-electron chi connectivity index (χ2n) is 5.01. The average Bonchev–Trinajstić information content (AvgIpc) is 2.46. The molecule has 20 heavy (non-hydrogen) atoms. The van der Waals surface area contributed by atoms with Crippen molar-refractivity contribution in [2.24, 2.45) is 0 Å². The molecule has 1 aliphatic heterocycles. The second kappa shape index (κ2) is 6.93. The Morgan fingerprint density at radius 2 is 2.30 bits per heavy atom. The van der Waals surface area contributed by atoms with Crippen LogP contribution < -0.4 is 4.74 Å². The molecule has 1 atom stereocenters. The Morgan fingerprint density at radius 1 is 1.50 bits per heavy atom. The number of halogens is 2. The van der Waals surface area contributed by atoms with E-state index in [9.17, 15) is 9.18 Å². The van der Waals surface area contributed by atoms with Crippen LogP contribution in [0.5, 0.6) is 5.75 Å². The molecule has 0 radical (unpaired) electrons. The quantitative estimate of drug-likeness (QED) is 0.849. The fraction of sp³-hybridized carbons (Fsp3) is 0.533. The van der Waals surface area contributed by atoms with Gasteiger partial charge in [0.2, 0.25) is 0 Å². The summed E-state index contributed by atoms with van der Waals surface area (Å²) in [6.45, 7) is 2.83. The van der Waals surface area contributed by atoms with Crippen LogP contribution in [0.3, 0.4) is 0 Å². The summed E-state index contributed by atoms with van der Waals surface area (Å²) in [6.07, 6.45) is 4.23. The molecule has 0 spiro atoms. The van der Waals surface area contributed by atoms with Crippen LogP contribution in [0.4, 0.5) is 4.39 Å². The first kappa shape index (κ1) is 15.1. The zero-order chi connectivity index (χ0) is 14.5. The van der Waals surface area contributed by atoms with Crippen LogP contribution in [0.2, 0.25) is 5.02 Å². The van der Waals surface area contributed by atoms with Gasteiger partial charge in [0.05, 0.1) is 5.02 Å². The smallest absolute Gasteiger partial charge is 0.260 e. The molecular weight excluding hydrogens is 281 g/mol. The van der Waals surface area contributed by atoms with E-state index in [1.54, 1.807) is 0 Å². The number of rotatable bonds is 4. The van der Waals surface area contributed by atoms with E-state index in [-0.39, 0.29) is 17.5 Å². The van der Waals surface area contributed by atoms with Crippen LogP contribution >= 0.6 is 11.6 Å². The number of hydrogen-bond acceptors (Lipinski definition) is 2. The van der Waals surface area contributed by atoms with E-state index in [2.05, 4.69) is 6.92 Å². The third kappa shape index (κ3) is 3.63. The fourth-order valence-corrected chi connectivity index (χ4v) is 2.79. The third-order valence-electron chi connectivity index (χ3n) is 3.66. The van der Waals surface area contributed by atoms with Crippen LogP contribution in [0.1, 0.15) is 32.6 Å². The highest BCUT2D eigenvalue weighted by Gasteiger charge is 2.25. The van der Waals surface area contributed by atoms with Gasteiger partial charge in [-0.15, -0.1) is 0 Å². The van der Waals surface area contributed by atoms with Crippen molar-refractivity contribution < 1.29 is 13.9 Å². The van der Waals surface area contributed by atoms with Gasteiger partial charge in [0.15, 0.2) is 6.61 Å². The Morgan fingerprint density at radius 3 is 3.00 bits per heavy atom. The second-order valence-corrected chi connectivity index (χ2v) is 5.42. The Labute approximate surface area is 123 Å². The number of ether oxygens (including phenoxy) is 1. The van der Waals surface area contributed by atoms with Crippen molar-refractivity contribution in [3.8, 4) is 5.75 Å². The third-order valence-corrected chi connectivity index (χ3v) is 3.96. The Kier molecular flexibility index (Phi) is 5.24. The standard InChI is InChI=1S/C15H19ClFNO2/c1-2-12-5-3-4-8-18(12)15(19)10-20-14-7-6-11(17)9-13(14)16/h6-7,9,12H,2-5,8,10H2,1H3. The lowest BCUT2D eigenvalue weighted by Gasteiger charge is -2.35. The number of piperidine rings is 1. The first-order valence-electron chi connectivity index (χ1n) is 6.99. The largest absolute Gasteiger partial charge is 0.482 e. The van der Waals surface area contributed by atoms with Gasteiger partial charge < -0.3 is 9.64 Å². The van der Waals surface area contributed by atoms with E-state index in [0.29, 0.717) is 11.8 Å². The summed E-state index contributed by atoms with van der Waals surface area (Å²) in [5, 5.41) is 0.184. The van der Waals surface area contributed by atoms with E-state index >= 15 is 0 Å². The van der Waals surface area contributed by atoms with E-state index in [1.807, 2.05) is 4.90 Å². The van der Waals surface area contributed by atoms with Crippen LogP contribution in [0, 0.1) is 5.82 Å². The maximum absolute atomic E-state index is 12.9. The Balaban J connectivity index is 1.94. The van der Waals surface area contributed by atoms with E-state index in [4.69, 9.17) is 16.3 Å². The molecule has 1 aromatic carbocycles. The molecule has 1 unspecified atom stereocenters. The molecule has 5 heteroatoms. The first-order valence-corrected chi connectivity index (χ1v) is 7.37. The SMILES string of the molecule is CCC1CCCCN1C(=O)COc1ccc(F)cc1Cl. The molecule has 3 nitrogen and oxygen atoms in total. The monoisotopic (exact) mass is 299 g/mol. The molecule has 2 rings (SSSR count). The minimum absolute atomic E-state index is 0.0306. The van der Waals surface area contributed by atoms with Crippen LogP contribution in [-0.4, -0.2) is 30.0 Å². The van der Waals surface area contributed by atoms with Crippen molar-refractivity contribution in [1.82, 2.24) is 4.90 Å².